The van der Waals surface area contributed by atoms with Crippen LogP contribution in [0.1, 0.15) is 41.9 Å². The van der Waals surface area contributed by atoms with Crippen LogP contribution in [0.2, 0.25) is 0 Å². The number of nitrogens with two attached hydrogens (primary N) is 1. The lowest BCUT2D eigenvalue weighted by Gasteiger charge is -2.21. The van der Waals surface area contributed by atoms with Crippen molar-refractivity contribution in [3.05, 3.63) is 59.1 Å². The minimum absolute atomic E-state index is 0.640. The van der Waals surface area contributed by atoms with E-state index in [1.54, 1.807) is 0 Å². The monoisotopic (exact) mass is 397 g/mol. The fraction of sp³-hybridized carbons (Fsp3) is 0.455. The number of benzene rings is 1. The summed E-state index contributed by atoms with van der Waals surface area (Å²) < 4.78 is 0. The molecule has 0 saturated heterocycles. The zero-order valence-electron chi connectivity index (χ0n) is 16.5. The first-order valence-electron chi connectivity index (χ1n) is 10.2. The van der Waals surface area contributed by atoms with Crippen molar-refractivity contribution in [1.29, 1.82) is 0 Å². The average molecular weight is 398 g/mol. The summed E-state index contributed by atoms with van der Waals surface area (Å²) in [7, 11) is 0. The predicted octanol–water partition coefficient (Wildman–Crippen LogP) is 3.22. The molecule has 0 spiro atoms. The molecule has 1 aliphatic heterocycles. The van der Waals surface area contributed by atoms with Gasteiger partial charge < -0.3 is 16.4 Å². The third-order valence-electron chi connectivity index (χ3n) is 5.02. The lowest BCUT2D eigenvalue weighted by Crippen LogP contribution is -2.22. The van der Waals surface area contributed by atoms with Crippen LogP contribution in [0.3, 0.4) is 0 Å². The highest BCUT2D eigenvalue weighted by Gasteiger charge is 2.19. The molecule has 4 N–H and O–H groups in total. The molecule has 5 nitrogen and oxygen atoms in total. The maximum absolute atomic E-state index is 5.35. The number of anilines is 1. The van der Waals surface area contributed by atoms with Crippen molar-refractivity contribution in [1.82, 2.24) is 15.3 Å². The van der Waals surface area contributed by atoms with Gasteiger partial charge in [0.1, 0.15) is 5.82 Å². The summed E-state index contributed by atoms with van der Waals surface area (Å²) in [6.07, 6.45) is 7.92. The highest BCUT2D eigenvalue weighted by Crippen LogP contribution is 2.28. The van der Waals surface area contributed by atoms with Crippen LogP contribution >= 0.6 is 12.6 Å². The molecule has 1 aromatic heterocycles. The third-order valence-corrected chi connectivity index (χ3v) is 5.24. The Morgan fingerprint density at radius 2 is 1.89 bits per heavy atom. The number of nitrogens with zero attached hydrogens (tertiary/aromatic N) is 2. The molecule has 0 unspecified atom stereocenters. The van der Waals surface area contributed by atoms with Crippen LogP contribution in [-0.2, 0) is 19.4 Å². The topological polar surface area (TPSA) is 75.9 Å². The summed E-state index contributed by atoms with van der Waals surface area (Å²) in [6, 6.07) is 9.99. The van der Waals surface area contributed by atoms with Crippen molar-refractivity contribution in [2.45, 2.75) is 38.6 Å². The lowest BCUT2D eigenvalue weighted by atomic mass is 9.96. The van der Waals surface area contributed by atoms with E-state index in [0.717, 1.165) is 56.3 Å². The molecule has 28 heavy (non-hydrogen) atoms. The van der Waals surface area contributed by atoms with E-state index in [2.05, 4.69) is 29.3 Å². The SMILES string of the molecule is NCc1ccccc1.SCCNc1nc(C2=CCNCC2)nc2c1CCCC2. The van der Waals surface area contributed by atoms with Gasteiger partial charge in [-0.05, 0) is 49.8 Å². The minimum atomic E-state index is 0.640. The fourth-order valence-corrected chi connectivity index (χ4v) is 3.61. The molecule has 1 aromatic carbocycles. The number of hydrogen-bond acceptors (Lipinski definition) is 6. The highest BCUT2D eigenvalue weighted by molar-refractivity contribution is 7.80. The maximum atomic E-state index is 5.35. The number of rotatable bonds is 5. The van der Waals surface area contributed by atoms with Crippen molar-refractivity contribution in [2.75, 3.05) is 30.7 Å². The van der Waals surface area contributed by atoms with Gasteiger partial charge >= 0.3 is 0 Å². The Morgan fingerprint density at radius 1 is 1.07 bits per heavy atom. The molecule has 0 saturated carbocycles. The van der Waals surface area contributed by atoms with Crippen LogP contribution in [-0.4, -0.2) is 35.4 Å². The molecule has 2 aliphatic rings. The number of nitrogens with one attached hydrogen (secondary N) is 2. The first-order chi connectivity index (χ1) is 13.8. The summed E-state index contributed by atoms with van der Waals surface area (Å²) in [5.74, 6) is 2.78. The Labute approximate surface area is 173 Å². The van der Waals surface area contributed by atoms with E-state index in [-0.39, 0.29) is 0 Å². The van der Waals surface area contributed by atoms with E-state index >= 15 is 0 Å². The second kappa shape index (κ2) is 11.2. The standard InChI is InChI=1S/C15H22N4S.C7H9N/c20-10-9-17-15-12-3-1-2-4-13(12)18-14(19-15)11-5-7-16-8-6-11;8-6-7-4-2-1-3-5-7/h5,16,20H,1-4,6-10H2,(H,17,18,19);1-5H,6,8H2. The van der Waals surface area contributed by atoms with Crippen molar-refractivity contribution in [3.63, 3.8) is 0 Å². The van der Waals surface area contributed by atoms with Gasteiger partial charge in [0.05, 0.1) is 0 Å². The highest BCUT2D eigenvalue weighted by atomic mass is 32.1. The number of thiol groups is 1. The summed E-state index contributed by atoms with van der Waals surface area (Å²) in [6.45, 7) is 3.44. The van der Waals surface area contributed by atoms with E-state index in [1.807, 2.05) is 30.3 Å². The fourth-order valence-electron chi connectivity index (χ4n) is 3.50. The Balaban J connectivity index is 0.000000236. The normalized spacial score (nSPS) is 15.7. The smallest absolute Gasteiger partial charge is 0.157 e. The van der Waals surface area contributed by atoms with Gasteiger partial charge in [-0.25, -0.2) is 9.97 Å². The van der Waals surface area contributed by atoms with Crippen molar-refractivity contribution < 1.29 is 0 Å². The molecule has 0 fully saturated rings. The number of aryl methyl sites for hydroxylation is 1. The third kappa shape index (κ3) is 5.80. The summed E-state index contributed by atoms with van der Waals surface area (Å²) in [5, 5.41) is 6.77. The zero-order chi connectivity index (χ0) is 19.6. The van der Waals surface area contributed by atoms with Crippen LogP contribution in [0.15, 0.2) is 36.4 Å². The maximum Gasteiger partial charge on any atom is 0.157 e. The van der Waals surface area contributed by atoms with Gasteiger partial charge in [0.2, 0.25) is 0 Å². The predicted molar refractivity (Wildman–Crippen MR) is 121 cm³/mol. The van der Waals surface area contributed by atoms with Crippen molar-refractivity contribution in [2.24, 2.45) is 5.73 Å². The molecule has 0 atom stereocenters. The second-order valence-electron chi connectivity index (χ2n) is 7.05. The van der Waals surface area contributed by atoms with E-state index in [9.17, 15) is 0 Å². The molecule has 2 aromatic rings. The Bertz CT molecular complexity index is 776. The van der Waals surface area contributed by atoms with Gasteiger partial charge in [-0.3, -0.25) is 0 Å². The average Bonchev–Trinajstić information content (AvgIpc) is 2.79. The first kappa shape index (κ1) is 20.8. The molecule has 6 heteroatoms. The van der Waals surface area contributed by atoms with Gasteiger partial charge in [-0.15, -0.1) is 0 Å². The van der Waals surface area contributed by atoms with Gasteiger partial charge in [-0.2, -0.15) is 12.6 Å². The van der Waals surface area contributed by atoms with E-state index in [0.29, 0.717) is 6.54 Å². The summed E-state index contributed by atoms with van der Waals surface area (Å²) in [5.41, 5.74) is 10.4. The van der Waals surface area contributed by atoms with E-state index in [4.69, 9.17) is 15.7 Å². The molecule has 1 aliphatic carbocycles. The largest absolute Gasteiger partial charge is 0.369 e. The van der Waals surface area contributed by atoms with Gasteiger partial charge in [0, 0.05) is 36.6 Å². The Kier molecular flexibility index (Phi) is 8.33. The van der Waals surface area contributed by atoms with Crippen LogP contribution in [0, 0.1) is 0 Å². The molecule has 150 valence electrons. The van der Waals surface area contributed by atoms with Crippen LogP contribution < -0.4 is 16.4 Å². The second-order valence-corrected chi connectivity index (χ2v) is 7.50. The quantitative estimate of drug-likeness (QED) is 0.583. The molecule has 2 heterocycles. The van der Waals surface area contributed by atoms with Crippen LogP contribution in [0.4, 0.5) is 5.82 Å². The number of fused-ring (bicyclic) bond motifs is 1. The molecule has 0 amide bonds. The minimum Gasteiger partial charge on any atom is -0.369 e. The van der Waals surface area contributed by atoms with E-state index < -0.39 is 0 Å². The number of aromatic nitrogens is 2. The molecule has 4 rings (SSSR count). The summed E-state index contributed by atoms with van der Waals surface area (Å²) in [4.78, 5) is 9.63. The van der Waals surface area contributed by atoms with Crippen molar-refractivity contribution in [3.8, 4) is 0 Å². The zero-order valence-corrected chi connectivity index (χ0v) is 17.3. The van der Waals surface area contributed by atoms with Gasteiger partial charge in [0.15, 0.2) is 5.82 Å². The molecular weight excluding hydrogens is 366 g/mol. The summed E-state index contributed by atoms with van der Waals surface area (Å²) >= 11 is 4.28. The Hall–Kier alpha value is -1.89. The molecular formula is C22H31N5S. The van der Waals surface area contributed by atoms with Gasteiger partial charge in [0.25, 0.3) is 0 Å². The van der Waals surface area contributed by atoms with E-state index in [1.165, 1.54) is 35.2 Å². The van der Waals surface area contributed by atoms with Gasteiger partial charge in [-0.1, -0.05) is 36.4 Å². The van der Waals surface area contributed by atoms with Crippen LogP contribution in [0.25, 0.3) is 5.57 Å². The first-order valence-corrected chi connectivity index (χ1v) is 10.8. The van der Waals surface area contributed by atoms with Crippen molar-refractivity contribution >= 4 is 24.0 Å². The lowest BCUT2D eigenvalue weighted by molar-refractivity contribution is 0.660. The number of hydrogen-bond donors (Lipinski definition) is 4. The Morgan fingerprint density at radius 3 is 2.57 bits per heavy atom. The molecule has 0 radical (unpaired) electrons. The molecule has 0 bridgehead atoms. The van der Waals surface area contributed by atoms with Crippen LogP contribution in [0.5, 0.6) is 0 Å².